The van der Waals surface area contributed by atoms with E-state index in [0.29, 0.717) is 25.2 Å². The number of amides is 1. The molecule has 1 heterocycles. The zero-order valence-corrected chi connectivity index (χ0v) is 19.3. The number of para-hydroxylation sites is 1. The van der Waals surface area contributed by atoms with E-state index in [9.17, 15) is 13.2 Å². The average molecular weight is 453 g/mol. The van der Waals surface area contributed by atoms with Gasteiger partial charge in [0, 0.05) is 12.3 Å². The maximum Gasteiger partial charge on any atom is 0.235 e. The van der Waals surface area contributed by atoms with Crippen molar-refractivity contribution in [3.63, 3.8) is 0 Å². The second-order valence-corrected chi connectivity index (χ2v) is 10.3. The van der Waals surface area contributed by atoms with Crippen LogP contribution in [-0.4, -0.2) is 29.9 Å². The highest BCUT2D eigenvalue weighted by atomic mass is 32.2. The molecule has 0 saturated heterocycles. The molecule has 0 unspecified atom stereocenters. The summed E-state index contributed by atoms with van der Waals surface area (Å²) < 4.78 is 32.1. The van der Waals surface area contributed by atoms with E-state index in [1.807, 2.05) is 60.7 Å². The Labute approximate surface area is 189 Å². The minimum atomic E-state index is -3.70. The number of rotatable bonds is 6. The average Bonchev–Trinajstić information content (AvgIpc) is 2.77. The van der Waals surface area contributed by atoms with Crippen molar-refractivity contribution in [2.75, 3.05) is 6.26 Å². The van der Waals surface area contributed by atoms with Crippen LogP contribution >= 0.6 is 0 Å². The van der Waals surface area contributed by atoms with Crippen molar-refractivity contribution in [1.29, 1.82) is 0 Å². The van der Waals surface area contributed by atoms with Gasteiger partial charge in [-0.1, -0.05) is 55.7 Å². The second kappa shape index (κ2) is 8.90. The Bertz CT molecular complexity index is 1220. The lowest BCUT2D eigenvalue weighted by molar-refractivity contribution is -0.129. The van der Waals surface area contributed by atoms with E-state index < -0.39 is 21.5 Å². The number of hydrogen-bond acceptors (Lipinski definition) is 5. The third kappa shape index (κ3) is 4.48. The maximum atomic E-state index is 12.5. The summed E-state index contributed by atoms with van der Waals surface area (Å²) in [6, 6.07) is 19.4. The summed E-state index contributed by atoms with van der Waals surface area (Å²) >= 11 is 0. The minimum Gasteiger partial charge on any atom is -0.487 e. The molecular formula is C25H28N2O4S. The van der Waals surface area contributed by atoms with Crippen molar-refractivity contribution in [3.05, 3.63) is 71.9 Å². The SMILES string of the molecule is CC(=O)N(C1(c2ccc(OCc3ccc4ccccc4n3)cc2)CCCCC1)S(C)(=O)=O. The highest BCUT2D eigenvalue weighted by molar-refractivity contribution is 7.88. The van der Waals surface area contributed by atoms with Gasteiger partial charge in [-0.15, -0.1) is 0 Å². The molecule has 0 spiro atoms. The first kappa shape index (κ1) is 22.3. The smallest absolute Gasteiger partial charge is 0.235 e. The van der Waals surface area contributed by atoms with E-state index in [0.717, 1.165) is 52.0 Å². The molecule has 0 bridgehead atoms. The number of aromatic nitrogens is 1. The summed E-state index contributed by atoms with van der Waals surface area (Å²) in [6.45, 7) is 1.66. The van der Waals surface area contributed by atoms with Crippen LogP contribution in [0.2, 0.25) is 0 Å². The van der Waals surface area contributed by atoms with Crippen LogP contribution in [-0.2, 0) is 27.0 Å². The molecule has 0 N–H and O–H groups in total. The van der Waals surface area contributed by atoms with Crippen LogP contribution in [0.25, 0.3) is 10.9 Å². The third-order valence-electron chi connectivity index (χ3n) is 6.12. The zero-order chi connectivity index (χ0) is 22.8. The number of nitrogens with zero attached hydrogens (tertiary/aromatic N) is 2. The summed E-state index contributed by atoms with van der Waals surface area (Å²) in [4.78, 5) is 17.0. The zero-order valence-electron chi connectivity index (χ0n) is 18.5. The number of hydrogen-bond donors (Lipinski definition) is 0. The molecular weight excluding hydrogens is 424 g/mol. The second-order valence-electron chi connectivity index (χ2n) is 8.45. The Morgan fingerprint density at radius 1 is 1.00 bits per heavy atom. The van der Waals surface area contributed by atoms with E-state index in [1.54, 1.807) is 0 Å². The summed E-state index contributed by atoms with van der Waals surface area (Å²) in [6.07, 6.45) is 5.16. The van der Waals surface area contributed by atoms with Crippen LogP contribution in [0.1, 0.15) is 50.3 Å². The summed E-state index contributed by atoms with van der Waals surface area (Å²) in [7, 11) is -3.70. The van der Waals surface area contributed by atoms with Crippen LogP contribution in [0.5, 0.6) is 5.75 Å². The van der Waals surface area contributed by atoms with Crippen molar-refractivity contribution < 1.29 is 17.9 Å². The maximum absolute atomic E-state index is 12.5. The van der Waals surface area contributed by atoms with Crippen molar-refractivity contribution in [1.82, 2.24) is 9.29 Å². The number of carbonyl (C=O) groups is 1. The lowest BCUT2D eigenvalue weighted by Crippen LogP contribution is -2.52. The van der Waals surface area contributed by atoms with Gasteiger partial charge in [-0.05, 0) is 42.7 Å². The van der Waals surface area contributed by atoms with E-state index in [1.165, 1.54) is 6.92 Å². The highest BCUT2D eigenvalue weighted by Gasteiger charge is 2.45. The molecule has 1 aliphatic rings. The van der Waals surface area contributed by atoms with Crippen molar-refractivity contribution >= 4 is 26.8 Å². The van der Waals surface area contributed by atoms with E-state index in [2.05, 4.69) is 4.98 Å². The fourth-order valence-electron chi connectivity index (χ4n) is 4.81. The van der Waals surface area contributed by atoms with E-state index in [4.69, 9.17) is 4.74 Å². The molecule has 32 heavy (non-hydrogen) atoms. The predicted octanol–water partition coefficient (Wildman–Crippen LogP) is 4.78. The fraction of sp³-hybridized carbons (Fsp3) is 0.360. The van der Waals surface area contributed by atoms with Crippen LogP contribution in [0.15, 0.2) is 60.7 Å². The summed E-state index contributed by atoms with van der Waals surface area (Å²) in [5, 5.41) is 1.08. The Kier molecular flexibility index (Phi) is 6.20. The molecule has 1 aliphatic carbocycles. The molecule has 0 aliphatic heterocycles. The number of sulfonamides is 1. The molecule has 168 valence electrons. The molecule has 2 aromatic carbocycles. The van der Waals surface area contributed by atoms with Gasteiger partial charge in [-0.25, -0.2) is 17.7 Å². The van der Waals surface area contributed by atoms with Gasteiger partial charge >= 0.3 is 0 Å². The van der Waals surface area contributed by atoms with Crippen LogP contribution in [0, 0.1) is 0 Å². The Hall–Kier alpha value is -2.93. The quantitative estimate of drug-likeness (QED) is 0.538. The topological polar surface area (TPSA) is 76.6 Å². The monoisotopic (exact) mass is 452 g/mol. The molecule has 0 atom stereocenters. The Morgan fingerprint density at radius 2 is 1.69 bits per heavy atom. The fourth-order valence-corrected chi connectivity index (χ4v) is 6.20. The first-order chi connectivity index (χ1) is 15.3. The molecule has 0 radical (unpaired) electrons. The number of fused-ring (bicyclic) bond motifs is 1. The molecule has 6 nitrogen and oxygen atoms in total. The summed E-state index contributed by atoms with van der Waals surface area (Å²) in [5.74, 6) is 0.223. The van der Waals surface area contributed by atoms with Gasteiger partial charge in [-0.3, -0.25) is 4.79 Å². The lowest BCUT2D eigenvalue weighted by Gasteiger charge is -2.45. The predicted molar refractivity (Wildman–Crippen MR) is 125 cm³/mol. The van der Waals surface area contributed by atoms with Crippen LogP contribution < -0.4 is 4.74 Å². The Morgan fingerprint density at radius 3 is 2.34 bits per heavy atom. The standard InChI is InChI=1S/C25H28N2O4S/c1-19(28)27(32(2,29)30)25(16-6-3-7-17-25)21-11-14-23(15-12-21)31-18-22-13-10-20-8-4-5-9-24(20)26-22/h4-5,8-15H,3,6-7,16-18H2,1-2H3. The van der Waals surface area contributed by atoms with Gasteiger partial charge in [0.25, 0.3) is 0 Å². The summed E-state index contributed by atoms with van der Waals surface area (Å²) in [5.41, 5.74) is 1.74. The number of ether oxygens (including phenoxy) is 1. The van der Waals surface area contributed by atoms with E-state index >= 15 is 0 Å². The molecule has 1 amide bonds. The third-order valence-corrected chi connectivity index (χ3v) is 7.39. The minimum absolute atomic E-state index is 0.332. The first-order valence-electron chi connectivity index (χ1n) is 10.9. The van der Waals surface area contributed by atoms with Crippen molar-refractivity contribution in [3.8, 4) is 5.75 Å². The molecule has 1 saturated carbocycles. The van der Waals surface area contributed by atoms with Gasteiger partial charge in [0.05, 0.1) is 23.0 Å². The molecule has 3 aromatic rings. The first-order valence-corrected chi connectivity index (χ1v) is 12.7. The molecule has 1 fully saturated rings. The van der Waals surface area contributed by atoms with Gasteiger partial charge in [0.2, 0.25) is 15.9 Å². The van der Waals surface area contributed by atoms with Crippen molar-refractivity contribution in [2.24, 2.45) is 0 Å². The molecule has 7 heteroatoms. The molecule has 4 rings (SSSR count). The molecule has 1 aromatic heterocycles. The van der Waals surface area contributed by atoms with Gasteiger partial charge in [0.15, 0.2) is 0 Å². The largest absolute Gasteiger partial charge is 0.487 e. The van der Waals surface area contributed by atoms with E-state index in [-0.39, 0.29) is 0 Å². The van der Waals surface area contributed by atoms with Gasteiger partial charge < -0.3 is 4.74 Å². The van der Waals surface area contributed by atoms with Crippen LogP contribution in [0.3, 0.4) is 0 Å². The number of pyridine rings is 1. The van der Waals surface area contributed by atoms with Crippen LogP contribution in [0.4, 0.5) is 0 Å². The number of carbonyl (C=O) groups excluding carboxylic acids is 1. The number of benzene rings is 2. The van der Waals surface area contributed by atoms with Gasteiger partial charge in [-0.2, -0.15) is 0 Å². The normalized spacial score (nSPS) is 15.9. The Balaban J connectivity index is 1.57. The highest BCUT2D eigenvalue weighted by Crippen LogP contribution is 2.44. The van der Waals surface area contributed by atoms with Gasteiger partial charge in [0.1, 0.15) is 12.4 Å². The lowest BCUT2D eigenvalue weighted by atomic mass is 9.76. The van der Waals surface area contributed by atoms with Crippen molar-refractivity contribution in [2.45, 2.75) is 51.2 Å².